The summed E-state index contributed by atoms with van der Waals surface area (Å²) in [5.74, 6) is 0.705. The molecule has 0 heterocycles. The molecule has 1 fully saturated rings. The molecule has 2 aromatic carbocycles. The first-order chi connectivity index (χ1) is 7.81. The van der Waals surface area contributed by atoms with E-state index < -0.39 is 0 Å². The summed E-state index contributed by atoms with van der Waals surface area (Å²) in [4.78, 5) is 0. The van der Waals surface area contributed by atoms with Crippen LogP contribution in [-0.4, -0.2) is 0 Å². The fourth-order valence-electron chi connectivity index (χ4n) is 2.67. The van der Waals surface area contributed by atoms with E-state index in [1.807, 2.05) is 0 Å². The van der Waals surface area contributed by atoms with Gasteiger partial charge in [-0.25, -0.2) is 0 Å². The Morgan fingerprint density at radius 3 is 2.06 bits per heavy atom. The molecular formula is C16H16. The molecule has 0 bridgehead atoms. The van der Waals surface area contributed by atoms with Crippen LogP contribution in [0.3, 0.4) is 0 Å². The molecule has 0 spiro atoms. The molecule has 1 saturated carbocycles. The van der Waals surface area contributed by atoms with Gasteiger partial charge in [0.25, 0.3) is 0 Å². The van der Waals surface area contributed by atoms with Gasteiger partial charge in [-0.05, 0) is 28.9 Å². The molecule has 16 heavy (non-hydrogen) atoms. The zero-order chi connectivity index (χ0) is 11.0. The Morgan fingerprint density at radius 1 is 0.875 bits per heavy atom. The second-order valence-electron chi connectivity index (χ2n) is 4.95. The lowest BCUT2D eigenvalue weighted by Crippen LogP contribution is -2.03. The SMILES string of the molecule is C[C@@]1(c2ccccc2)C[C@@H]1c1ccccc1. The van der Waals surface area contributed by atoms with Crippen LogP contribution in [0.2, 0.25) is 0 Å². The van der Waals surface area contributed by atoms with Crippen LogP contribution in [0, 0.1) is 0 Å². The van der Waals surface area contributed by atoms with Gasteiger partial charge in [0.05, 0.1) is 0 Å². The van der Waals surface area contributed by atoms with Crippen molar-refractivity contribution >= 4 is 0 Å². The molecule has 1 aliphatic carbocycles. The Hall–Kier alpha value is -1.56. The van der Waals surface area contributed by atoms with Gasteiger partial charge in [-0.15, -0.1) is 0 Å². The summed E-state index contributed by atoms with van der Waals surface area (Å²) in [5, 5.41) is 0. The van der Waals surface area contributed by atoms with Gasteiger partial charge in [0.1, 0.15) is 0 Å². The van der Waals surface area contributed by atoms with Crippen molar-refractivity contribution in [2.75, 3.05) is 0 Å². The first-order valence-corrected chi connectivity index (χ1v) is 5.91. The van der Waals surface area contributed by atoms with Crippen molar-refractivity contribution in [1.82, 2.24) is 0 Å². The van der Waals surface area contributed by atoms with Crippen LogP contribution in [0.4, 0.5) is 0 Å². The van der Waals surface area contributed by atoms with Crippen LogP contribution in [-0.2, 0) is 5.41 Å². The largest absolute Gasteiger partial charge is 0.0622 e. The minimum atomic E-state index is 0.364. The first-order valence-electron chi connectivity index (χ1n) is 5.91. The fraction of sp³-hybridized carbons (Fsp3) is 0.250. The fourth-order valence-corrected chi connectivity index (χ4v) is 2.67. The number of rotatable bonds is 2. The summed E-state index contributed by atoms with van der Waals surface area (Å²) in [6.45, 7) is 2.38. The van der Waals surface area contributed by atoms with Crippen molar-refractivity contribution in [3.8, 4) is 0 Å². The van der Waals surface area contributed by atoms with Crippen LogP contribution >= 0.6 is 0 Å². The van der Waals surface area contributed by atoms with E-state index in [-0.39, 0.29) is 0 Å². The summed E-state index contributed by atoms with van der Waals surface area (Å²) < 4.78 is 0. The predicted octanol–water partition coefficient (Wildman–Crippen LogP) is 4.13. The average Bonchev–Trinajstić information content (AvgIpc) is 3.06. The Balaban J connectivity index is 1.90. The molecule has 80 valence electrons. The third-order valence-corrected chi connectivity index (χ3v) is 3.87. The lowest BCUT2D eigenvalue weighted by molar-refractivity contribution is 0.749. The lowest BCUT2D eigenvalue weighted by atomic mass is 9.93. The van der Waals surface area contributed by atoms with Crippen LogP contribution in [0.5, 0.6) is 0 Å². The summed E-state index contributed by atoms with van der Waals surface area (Å²) >= 11 is 0. The number of hydrogen-bond donors (Lipinski definition) is 0. The highest BCUT2D eigenvalue weighted by atomic mass is 14.5. The molecule has 2 atom stereocenters. The van der Waals surface area contributed by atoms with E-state index in [4.69, 9.17) is 0 Å². The molecule has 0 saturated heterocycles. The zero-order valence-electron chi connectivity index (χ0n) is 9.56. The van der Waals surface area contributed by atoms with Gasteiger partial charge in [-0.3, -0.25) is 0 Å². The monoisotopic (exact) mass is 208 g/mol. The maximum atomic E-state index is 2.38. The van der Waals surface area contributed by atoms with Gasteiger partial charge in [0.15, 0.2) is 0 Å². The van der Waals surface area contributed by atoms with Gasteiger partial charge >= 0.3 is 0 Å². The molecule has 0 aromatic heterocycles. The van der Waals surface area contributed by atoms with Gasteiger partial charge in [-0.1, -0.05) is 67.6 Å². The Labute approximate surface area is 96.9 Å². The molecule has 0 nitrogen and oxygen atoms in total. The quantitative estimate of drug-likeness (QED) is 0.696. The molecule has 1 aliphatic rings. The maximum absolute atomic E-state index is 2.38. The minimum Gasteiger partial charge on any atom is -0.0622 e. The molecule has 3 rings (SSSR count). The highest BCUT2D eigenvalue weighted by Crippen LogP contribution is 2.59. The smallest absolute Gasteiger partial charge is 0.0000207 e. The van der Waals surface area contributed by atoms with Gasteiger partial charge in [-0.2, -0.15) is 0 Å². The second kappa shape index (κ2) is 3.48. The highest BCUT2D eigenvalue weighted by molar-refractivity contribution is 5.41. The molecule has 0 heteroatoms. The summed E-state index contributed by atoms with van der Waals surface area (Å²) in [6.07, 6.45) is 1.28. The van der Waals surface area contributed by atoms with E-state index in [0.717, 1.165) is 0 Å². The highest BCUT2D eigenvalue weighted by Gasteiger charge is 2.51. The molecule has 2 aromatic rings. The lowest BCUT2D eigenvalue weighted by Gasteiger charge is -2.11. The van der Waals surface area contributed by atoms with E-state index >= 15 is 0 Å². The van der Waals surface area contributed by atoms with E-state index in [1.54, 1.807) is 0 Å². The molecule has 0 N–H and O–H groups in total. The molecule has 0 radical (unpaired) electrons. The van der Waals surface area contributed by atoms with Gasteiger partial charge in [0.2, 0.25) is 0 Å². The predicted molar refractivity (Wildman–Crippen MR) is 67.6 cm³/mol. The van der Waals surface area contributed by atoms with Gasteiger partial charge < -0.3 is 0 Å². The van der Waals surface area contributed by atoms with Crippen LogP contribution in [0.25, 0.3) is 0 Å². The molecule has 0 aliphatic heterocycles. The van der Waals surface area contributed by atoms with Gasteiger partial charge in [0, 0.05) is 0 Å². The van der Waals surface area contributed by atoms with Crippen molar-refractivity contribution in [2.45, 2.75) is 24.7 Å². The summed E-state index contributed by atoms with van der Waals surface area (Å²) in [6, 6.07) is 21.7. The number of hydrogen-bond acceptors (Lipinski definition) is 0. The Bertz CT molecular complexity index is 472. The Kier molecular flexibility index (Phi) is 2.10. The van der Waals surface area contributed by atoms with E-state index in [1.165, 1.54) is 17.5 Å². The third-order valence-electron chi connectivity index (χ3n) is 3.87. The van der Waals surface area contributed by atoms with Crippen molar-refractivity contribution < 1.29 is 0 Å². The van der Waals surface area contributed by atoms with E-state index in [2.05, 4.69) is 67.6 Å². The van der Waals surface area contributed by atoms with Crippen molar-refractivity contribution in [3.63, 3.8) is 0 Å². The average molecular weight is 208 g/mol. The topological polar surface area (TPSA) is 0 Å². The molecule has 0 unspecified atom stereocenters. The van der Waals surface area contributed by atoms with Crippen molar-refractivity contribution in [2.24, 2.45) is 0 Å². The number of benzene rings is 2. The van der Waals surface area contributed by atoms with Crippen molar-refractivity contribution in [3.05, 3.63) is 71.8 Å². The Morgan fingerprint density at radius 2 is 1.44 bits per heavy atom. The standard InChI is InChI=1S/C16H16/c1-16(14-10-6-3-7-11-14)12-15(16)13-8-4-2-5-9-13/h2-11,15H,12H2,1H3/t15-,16+/m1/s1. The van der Waals surface area contributed by atoms with Crippen LogP contribution in [0.15, 0.2) is 60.7 Å². The second-order valence-corrected chi connectivity index (χ2v) is 4.95. The molecule has 0 amide bonds. The maximum Gasteiger partial charge on any atom is -0.0000207 e. The normalized spacial score (nSPS) is 27.7. The zero-order valence-corrected chi connectivity index (χ0v) is 9.56. The van der Waals surface area contributed by atoms with Crippen LogP contribution in [0.1, 0.15) is 30.4 Å². The summed E-state index contributed by atoms with van der Waals surface area (Å²) in [7, 11) is 0. The summed E-state index contributed by atoms with van der Waals surface area (Å²) in [5.41, 5.74) is 3.32. The van der Waals surface area contributed by atoms with Crippen LogP contribution < -0.4 is 0 Å². The first kappa shape index (κ1) is 9.65. The van der Waals surface area contributed by atoms with E-state index in [0.29, 0.717) is 11.3 Å². The van der Waals surface area contributed by atoms with E-state index in [9.17, 15) is 0 Å². The third kappa shape index (κ3) is 1.46. The minimum absolute atomic E-state index is 0.364. The van der Waals surface area contributed by atoms with Crippen molar-refractivity contribution in [1.29, 1.82) is 0 Å². The molecular weight excluding hydrogens is 192 g/mol.